The van der Waals surface area contributed by atoms with E-state index >= 15 is 0 Å². The zero-order chi connectivity index (χ0) is 14.3. The zero-order valence-electron chi connectivity index (χ0n) is 11.6. The number of ether oxygens (including phenoxy) is 2. The van der Waals surface area contributed by atoms with E-state index in [-0.39, 0.29) is 11.8 Å². The number of hydrogen-bond acceptors (Lipinski definition) is 5. The molecule has 0 aromatic carbocycles. The number of hydrogen-bond donors (Lipinski definition) is 1. The molecule has 19 heavy (non-hydrogen) atoms. The Balaban J connectivity index is 2.75. The average molecular weight is 271 g/mol. The Hall–Kier alpha value is -1.37. The quantitative estimate of drug-likeness (QED) is 0.733. The average Bonchev–Trinajstić information content (AvgIpc) is 2.82. The molecule has 1 atom stereocenters. The maximum absolute atomic E-state index is 11.0. The molecule has 0 saturated heterocycles. The maximum Gasteiger partial charge on any atom is 0.372 e. The Bertz CT molecular complexity index is 390. The van der Waals surface area contributed by atoms with Gasteiger partial charge in [-0.15, -0.1) is 0 Å². The van der Waals surface area contributed by atoms with Crippen molar-refractivity contribution in [3.63, 3.8) is 0 Å². The van der Waals surface area contributed by atoms with Crippen LogP contribution in [0.3, 0.4) is 0 Å². The standard InChI is InChI=1S/C13H21NO5/c1-10(9-18-3)14(5-7-17-2)8-11-4-6-19-12(11)13(15)16/h4,6,10H,5,7-9H2,1-3H3,(H,15,16). The van der Waals surface area contributed by atoms with Gasteiger partial charge in [0.05, 0.1) is 19.5 Å². The number of methoxy groups -OCH3 is 2. The third kappa shape index (κ3) is 4.66. The van der Waals surface area contributed by atoms with Crippen LogP contribution in [0, 0.1) is 0 Å². The van der Waals surface area contributed by atoms with Crippen LogP contribution in [0.5, 0.6) is 0 Å². The Morgan fingerprint density at radius 1 is 1.47 bits per heavy atom. The van der Waals surface area contributed by atoms with Gasteiger partial charge in [0.15, 0.2) is 0 Å². The lowest BCUT2D eigenvalue weighted by atomic mass is 10.2. The van der Waals surface area contributed by atoms with Gasteiger partial charge in [-0.05, 0) is 13.0 Å². The second kappa shape index (κ2) is 7.93. The van der Waals surface area contributed by atoms with Crippen molar-refractivity contribution in [3.05, 3.63) is 23.7 Å². The molecule has 1 aromatic rings. The second-order valence-electron chi connectivity index (χ2n) is 4.35. The summed E-state index contributed by atoms with van der Waals surface area (Å²) < 4.78 is 15.2. The molecule has 1 unspecified atom stereocenters. The van der Waals surface area contributed by atoms with Gasteiger partial charge in [0.25, 0.3) is 0 Å². The largest absolute Gasteiger partial charge is 0.475 e. The summed E-state index contributed by atoms with van der Waals surface area (Å²) in [5.41, 5.74) is 0.659. The summed E-state index contributed by atoms with van der Waals surface area (Å²) in [6, 6.07) is 1.85. The van der Waals surface area contributed by atoms with E-state index in [1.807, 2.05) is 6.92 Å². The van der Waals surface area contributed by atoms with E-state index in [0.717, 1.165) is 0 Å². The molecule has 1 aromatic heterocycles. The molecule has 0 aliphatic heterocycles. The number of furan rings is 1. The van der Waals surface area contributed by atoms with Crippen molar-refractivity contribution in [2.24, 2.45) is 0 Å². The highest BCUT2D eigenvalue weighted by Gasteiger charge is 2.20. The van der Waals surface area contributed by atoms with Gasteiger partial charge < -0.3 is 19.0 Å². The molecular weight excluding hydrogens is 250 g/mol. The van der Waals surface area contributed by atoms with Gasteiger partial charge in [-0.1, -0.05) is 0 Å². The predicted molar refractivity (Wildman–Crippen MR) is 69.3 cm³/mol. The summed E-state index contributed by atoms with van der Waals surface area (Å²) in [6.07, 6.45) is 1.40. The highest BCUT2D eigenvalue weighted by molar-refractivity contribution is 5.86. The predicted octanol–water partition coefficient (Wildman–Crippen LogP) is 1.46. The molecule has 0 bridgehead atoms. The van der Waals surface area contributed by atoms with Crippen LogP contribution in [0.4, 0.5) is 0 Å². The molecule has 6 nitrogen and oxygen atoms in total. The van der Waals surface area contributed by atoms with Crippen LogP contribution in [0.25, 0.3) is 0 Å². The fourth-order valence-electron chi connectivity index (χ4n) is 1.88. The Labute approximate surface area is 112 Å². The van der Waals surface area contributed by atoms with Crippen LogP contribution >= 0.6 is 0 Å². The van der Waals surface area contributed by atoms with Crippen LogP contribution in [-0.2, 0) is 16.0 Å². The summed E-state index contributed by atoms with van der Waals surface area (Å²) in [5.74, 6) is -1.06. The first-order valence-corrected chi connectivity index (χ1v) is 6.11. The fourth-order valence-corrected chi connectivity index (χ4v) is 1.88. The van der Waals surface area contributed by atoms with Crippen LogP contribution in [-0.4, -0.2) is 56.0 Å². The van der Waals surface area contributed by atoms with E-state index in [1.165, 1.54) is 6.26 Å². The van der Waals surface area contributed by atoms with Crippen molar-refractivity contribution in [2.45, 2.75) is 19.5 Å². The SMILES string of the molecule is COCCN(Cc1ccoc1C(=O)O)C(C)COC. The molecule has 0 fully saturated rings. The van der Waals surface area contributed by atoms with E-state index in [4.69, 9.17) is 19.0 Å². The lowest BCUT2D eigenvalue weighted by molar-refractivity contribution is 0.0634. The molecule has 1 rings (SSSR count). The van der Waals surface area contributed by atoms with Gasteiger partial charge in [-0.3, -0.25) is 4.90 Å². The van der Waals surface area contributed by atoms with E-state index < -0.39 is 5.97 Å². The first-order chi connectivity index (χ1) is 9.10. The fraction of sp³-hybridized carbons (Fsp3) is 0.615. The third-order valence-electron chi connectivity index (χ3n) is 2.93. The molecule has 6 heteroatoms. The van der Waals surface area contributed by atoms with Crippen LogP contribution in [0.1, 0.15) is 23.0 Å². The smallest absolute Gasteiger partial charge is 0.372 e. The summed E-state index contributed by atoms with van der Waals surface area (Å²) in [7, 11) is 3.28. The molecule has 0 aliphatic carbocycles. The molecule has 0 amide bonds. The van der Waals surface area contributed by atoms with Gasteiger partial charge in [0.1, 0.15) is 0 Å². The van der Waals surface area contributed by atoms with Crippen molar-refractivity contribution >= 4 is 5.97 Å². The minimum absolute atomic E-state index is 0.00738. The topological polar surface area (TPSA) is 72.1 Å². The number of carboxylic acids is 1. The Morgan fingerprint density at radius 2 is 2.21 bits per heavy atom. The first kappa shape index (κ1) is 15.7. The first-order valence-electron chi connectivity index (χ1n) is 6.11. The van der Waals surface area contributed by atoms with Crippen LogP contribution in [0.15, 0.2) is 16.7 Å². The molecule has 1 heterocycles. The Morgan fingerprint density at radius 3 is 2.79 bits per heavy atom. The highest BCUT2D eigenvalue weighted by atomic mass is 16.5. The number of aromatic carboxylic acids is 1. The number of nitrogens with zero attached hydrogens (tertiary/aromatic N) is 1. The lowest BCUT2D eigenvalue weighted by Gasteiger charge is -2.28. The summed E-state index contributed by atoms with van der Waals surface area (Å²) in [4.78, 5) is 13.1. The van der Waals surface area contributed by atoms with E-state index in [9.17, 15) is 4.79 Å². The summed E-state index contributed by atoms with van der Waals surface area (Å²) in [6.45, 7) is 4.37. The van der Waals surface area contributed by atoms with Crippen molar-refractivity contribution in [1.29, 1.82) is 0 Å². The van der Waals surface area contributed by atoms with E-state index in [1.54, 1.807) is 20.3 Å². The summed E-state index contributed by atoms with van der Waals surface area (Å²) in [5, 5.41) is 9.02. The van der Waals surface area contributed by atoms with E-state index in [2.05, 4.69) is 4.90 Å². The summed E-state index contributed by atoms with van der Waals surface area (Å²) >= 11 is 0. The minimum atomic E-state index is -1.05. The minimum Gasteiger partial charge on any atom is -0.475 e. The molecule has 0 saturated carbocycles. The van der Waals surface area contributed by atoms with Crippen molar-refractivity contribution in [1.82, 2.24) is 4.90 Å². The lowest BCUT2D eigenvalue weighted by Crippen LogP contribution is -2.38. The number of carboxylic acid groups (broad SMARTS) is 1. The van der Waals surface area contributed by atoms with Gasteiger partial charge in [-0.2, -0.15) is 0 Å². The van der Waals surface area contributed by atoms with Crippen LogP contribution < -0.4 is 0 Å². The van der Waals surface area contributed by atoms with E-state index in [0.29, 0.717) is 31.9 Å². The van der Waals surface area contributed by atoms with Gasteiger partial charge in [0, 0.05) is 38.9 Å². The normalized spacial score (nSPS) is 12.8. The van der Waals surface area contributed by atoms with Crippen molar-refractivity contribution in [3.8, 4) is 0 Å². The molecule has 1 N–H and O–H groups in total. The molecule has 0 radical (unpaired) electrons. The molecule has 0 aliphatic rings. The van der Waals surface area contributed by atoms with Crippen molar-refractivity contribution < 1.29 is 23.8 Å². The second-order valence-corrected chi connectivity index (χ2v) is 4.35. The zero-order valence-corrected chi connectivity index (χ0v) is 11.6. The molecule has 108 valence electrons. The van der Waals surface area contributed by atoms with Crippen LogP contribution in [0.2, 0.25) is 0 Å². The van der Waals surface area contributed by atoms with Crippen molar-refractivity contribution in [2.75, 3.05) is 34.0 Å². The molecule has 0 spiro atoms. The third-order valence-corrected chi connectivity index (χ3v) is 2.93. The molecular formula is C13H21NO5. The van der Waals surface area contributed by atoms with Gasteiger partial charge >= 0.3 is 5.97 Å². The Kier molecular flexibility index (Phi) is 6.55. The monoisotopic (exact) mass is 271 g/mol. The van der Waals surface area contributed by atoms with Gasteiger partial charge in [-0.25, -0.2) is 4.79 Å². The van der Waals surface area contributed by atoms with Gasteiger partial charge in [0.2, 0.25) is 5.76 Å². The number of rotatable bonds is 9. The number of carbonyl (C=O) groups is 1. The maximum atomic E-state index is 11.0. The highest BCUT2D eigenvalue weighted by Crippen LogP contribution is 2.15.